The van der Waals surface area contributed by atoms with Crippen LogP contribution in [0.5, 0.6) is 11.5 Å². The van der Waals surface area contributed by atoms with Crippen LogP contribution in [-0.4, -0.2) is 72.6 Å². The normalized spacial score (nSPS) is 14.5. The summed E-state index contributed by atoms with van der Waals surface area (Å²) in [6.07, 6.45) is -0.674. The lowest BCUT2D eigenvalue weighted by Gasteiger charge is -2.23. The molecule has 3 N–H and O–H groups in total. The van der Waals surface area contributed by atoms with Crippen LogP contribution >= 0.6 is 0 Å². The van der Waals surface area contributed by atoms with Crippen molar-refractivity contribution in [3.63, 3.8) is 0 Å². The lowest BCUT2D eigenvalue weighted by molar-refractivity contribution is 0.00521. The van der Waals surface area contributed by atoms with Crippen LogP contribution < -0.4 is 9.47 Å². The van der Waals surface area contributed by atoms with E-state index in [4.69, 9.17) is 24.4 Å². The molecule has 22 heavy (non-hydrogen) atoms. The maximum Gasteiger partial charge on any atom is 0.231 e. The third-order valence-corrected chi connectivity index (χ3v) is 3.32. The van der Waals surface area contributed by atoms with Crippen LogP contribution in [0.4, 0.5) is 0 Å². The molecule has 7 heteroatoms. The van der Waals surface area contributed by atoms with Crippen molar-refractivity contribution in [2.45, 2.75) is 12.7 Å². The Bertz CT molecular complexity index is 450. The molecule has 7 nitrogen and oxygen atoms in total. The summed E-state index contributed by atoms with van der Waals surface area (Å²) in [4.78, 5) is 1.79. The second-order valence-electron chi connectivity index (χ2n) is 5.10. The topological polar surface area (TPSA) is 91.6 Å². The van der Waals surface area contributed by atoms with E-state index in [0.717, 1.165) is 11.3 Å². The first kappa shape index (κ1) is 17.0. The molecule has 0 fully saturated rings. The minimum atomic E-state index is -0.674. The Hall–Kier alpha value is -1.38. The van der Waals surface area contributed by atoms with E-state index in [1.165, 1.54) is 0 Å². The fourth-order valence-corrected chi connectivity index (χ4v) is 2.27. The van der Waals surface area contributed by atoms with Crippen LogP contribution in [0.3, 0.4) is 0 Å². The minimum absolute atomic E-state index is 0.00915. The lowest BCUT2D eigenvalue weighted by Crippen LogP contribution is -2.38. The molecule has 0 aliphatic carbocycles. The number of ether oxygens (including phenoxy) is 3. The third kappa shape index (κ3) is 5.11. The highest BCUT2D eigenvalue weighted by Crippen LogP contribution is 2.32. The summed E-state index contributed by atoms with van der Waals surface area (Å²) in [5.41, 5.74) is 0.944. The van der Waals surface area contributed by atoms with E-state index in [0.29, 0.717) is 32.0 Å². The van der Waals surface area contributed by atoms with Gasteiger partial charge < -0.3 is 29.5 Å². The van der Waals surface area contributed by atoms with E-state index in [1.807, 2.05) is 18.2 Å². The molecule has 1 aromatic carbocycles. The van der Waals surface area contributed by atoms with Crippen molar-refractivity contribution in [2.75, 3.05) is 46.2 Å². The van der Waals surface area contributed by atoms with E-state index in [9.17, 15) is 5.11 Å². The van der Waals surface area contributed by atoms with Crippen molar-refractivity contribution in [2.24, 2.45) is 0 Å². The van der Waals surface area contributed by atoms with Crippen LogP contribution in [0.1, 0.15) is 5.56 Å². The highest BCUT2D eigenvalue weighted by molar-refractivity contribution is 5.44. The Morgan fingerprint density at radius 2 is 1.86 bits per heavy atom. The number of aliphatic hydroxyl groups excluding tert-OH is 3. The molecule has 124 valence electrons. The summed E-state index contributed by atoms with van der Waals surface area (Å²) in [6, 6.07) is 5.59. The van der Waals surface area contributed by atoms with Gasteiger partial charge in [-0.25, -0.2) is 0 Å². The number of hydrogen-bond acceptors (Lipinski definition) is 7. The quantitative estimate of drug-likeness (QED) is 0.540. The van der Waals surface area contributed by atoms with Crippen LogP contribution in [0.2, 0.25) is 0 Å². The summed E-state index contributed by atoms with van der Waals surface area (Å²) in [7, 11) is 0. The molecule has 0 saturated heterocycles. The van der Waals surface area contributed by atoms with Crippen LogP contribution in [0, 0.1) is 0 Å². The molecule has 1 unspecified atom stereocenters. The Morgan fingerprint density at radius 1 is 1.14 bits per heavy atom. The third-order valence-electron chi connectivity index (χ3n) is 3.32. The molecule has 0 saturated carbocycles. The molecule has 0 bridgehead atoms. The average molecular weight is 313 g/mol. The molecule has 2 rings (SSSR count). The predicted octanol–water partition coefficient (Wildman–Crippen LogP) is -0.421. The van der Waals surface area contributed by atoms with Gasteiger partial charge in [-0.05, 0) is 17.7 Å². The Balaban J connectivity index is 1.71. The van der Waals surface area contributed by atoms with Crippen LogP contribution in [0.25, 0.3) is 0 Å². The average Bonchev–Trinajstić information content (AvgIpc) is 2.95. The van der Waals surface area contributed by atoms with Gasteiger partial charge in [-0.1, -0.05) is 6.07 Å². The minimum Gasteiger partial charge on any atom is -0.454 e. The summed E-state index contributed by atoms with van der Waals surface area (Å²) in [5, 5.41) is 27.8. The van der Waals surface area contributed by atoms with Gasteiger partial charge in [0.25, 0.3) is 0 Å². The smallest absolute Gasteiger partial charge is 0.231 e. The van der Waals surface area contributed by atoms with Gasteiger partial charge >= 0.3 is 0 Å². The fourth-order valence-electron chi connectivity index (χ4n) is 2.27. The van der Waals surface area contributed by atoms with Crippen molar-refractivity contribution < 1.29 is 29.5 Å². The summed E-state index contributed by atoms with van der Waals surface area (Å²) in [6.45, 7) is 1.96. The number of aliphatic hydroxyl groups is 3. The Labute approximate surface area is 129 Å². The van der Waals surface area contributed by atoms with E-state index in [2.05, 4.69) is 0 Å². The van der Waals surface area contributed by atoms with Gasteiger partial charge in [0.15, 0.2) is 11.5 Å². The zero-order valence-corrected chi connectivity index (χ0v) is 12.5. The molecule has 0 amide bonds. The highest BCUT2D eigenvalue weighted by Gasteiger charge is 2.14. The van der Waals surface area contributed by atoms with E-state index >= 15 is 0 Å². The molecule has 1 atom stereocenters. The standard InChI is InChI=1S/C15H23NO6/c17-5-3-16(4-6-18)8-13(19)10-20-9-12-1-2-14-15(7-12)22-11-21-14/h1-2,7,13,17-19H,3-6,8-11H2. The van der Waals surface area contributed by atoms with E-state index in [1.54, 1.807) is 4.90 Å². The lowest BCUT2D eigenvalue weighted by atomic mass is 10.2. The molecule has 1 heterocycles. The Kier molecular flexibility index (Phi) is 6.88. The van der Waals surface area contributed by atoms with Gasteiger partial charge in [0.2, 0.25) is 6.79 Å². The zero-order valence-electron chi connectivity index (χ0n) is 12.5. The number of benzene rings is 1. The van der Waals surface area contributed by atoms with E-state index in [-0.39, 0.29) is 26.6 Å². The number of nitrogens with zero attached hydrogens (tertiary/aromatic N) is 1. The first-order chi connectivity index (χ1) is 10.7. The van der Waals surface area contributed by atoms with Gasteiger partial charge in [-0.2, -0.15) is 0 Å². The monoisotopic (exact) mass is 313 g/mol. The van der Waals surface area contributed by atoms with Gasteiger partial charge in [-0.15, -0.1) is 0 Å². The summed E-state index contributed by atoms with van der Waals surface area (Å²) < 4.78 is 16.0. The zero-order chi connectivity index (χ0) is 15.8. The molecular weight excluding hydrogens is 290 g/mol. The number of hydrogen-bond donors (Lipinski definition) is 3. The maximum atomic E-state index is 9.93. The van der Waals surface area contributed by atoms with Crippen molar-refractivity contribution in [1.82, 2.24) is 4.90 Å². The maximum absolute atomic E-state index is 9.93. The van der Waals surface area contributed by atoms with Crippen molar-refractivity contribution >= 4 is 0 Å². The largest absolute Gasteiger partial charge is 0.454 e. The summed E-state index contributed by atoms with van der Waals surface area (Å²) >= 11 is 0. The first-order valence-electron chi connectivity index (χ1n) is 7.31. The van der Waals surface area contributed by atoms with Crippen LogP contribution in [-0.2, 0) is 11.3 Å². The van der Waals surface area contributed by atoms with Crippen molar-refractivity contribution in [1.29, 1.82) is 0 Å². The molecule has 0 aromatic heterocycles. The van der Waals surface area contributed by atoms with Gasteiger partial charge in [0.05, 0.1) is 32.5 Å². The predicted molar refractivity (Wildman–Crippen MR) is 78.8 cm³/mol. The summed E-state index contributed by atoms with van der Waals surface area (Å²) in [5.74, 6) is 1.44. The molecule has 1 aliphatic heterocycles. The molecular formula is C15H23NO6. The second-order valence-corrected chi connectivity index (χ2v) is 5.10. The second kappa shape index (κ2) is 8.92. The van der Waals surface area contributed by atoms with Crippen molar-refractivity contribution in [3.05, 3.63) is 23.8 Å². The number of fused-ring (bicyclic) bond motifs is 1. The fraction of sp³-hybridized carbons (Fsp3) is 0.600. The highest BCUT2D eigenvalue weighted by atomic mass is 16.7. The SMILES string of the molecule is OCCN(CCO)CC(O)COCc1ccc2c(c1)OCO2. The van der Waals surface area contributed by atoms with E-state index < -0.39 is 6.10 Å². The first-order valence-corrected chi connectivity index (χ1v) is 7.31. The van der Waals surface area contributed by atoms with Gasteiger partial charge in [-0.3, -0.25) is 4.90 Å². The molecule has 1 aliphatic rings. The molecule has 0 spiro atoms. The van der Waals surface area contributed by atoms with Gasteiger partial charge in [0, 0.05) is 19.6 Å². The molecule has 1 aromatic rings. The Morgan fingerprint density at radius 3 is 2.59 bits per heavy atom. The van der Waals surface area contributed by atoms with Crippen LogP contribution in [0.15, 0.2) is 18.2 Å². The van der Waals surface area contributed by atoms with Crippen molar-refractivity contribution in [3.8, 4) is 11.5 Å². The number of rotatable bonds is 10. The molecule has 0 radical (unpaired) electrons. The van der Waals surface area contributed by atoms with Gasteiger partial charge in [0.1, 0.15) is 0 Å².